The number of benzene rings is 2. The Bertz CT molecular complexity index is 1140. The van der Waals surface area contributed by atoms with Gasteiger partial charge in [-0.1, -0.05) is 36.4 Å². The van der Waals surface area contributed by atoms with Crippen molar-refractivity contribution in [3.05, 3.63) is 54.7 Å². The van der Waals surface area contributed by atoms with Gasteiger partial charge in [-0.2, -0.15) is 0 Å². The average molecular weight is 271 g/mol. The number of aromatic nitrogens is 3. The van der Waals surface area contributed by atoms with E-state index in [9.17, 15) is 0 Å². The minimum Gasteiger partial charge on any atom is -0.353 e. The summed E-state index contributed by atoms with van der Waals surface area (Å²) in [6.45, 7) is 0. The highest BCUT2D eigenvalue weighted by molar-refractivity contribution is 6.23. The maximum absolute atomic E-state index is 4.70. The van der Waals surface area contributed by atoms with Crippen molar-refractivity contribution in [3.63, 3.8) is 0 Å². The summed E-state index contributed by atoms with van der Waals surface area (Å²) in [5.41, 5.74) is 5.72. The van der Waals surface area contributed by atoms with Crippen molar-refractivity contribution in [1.29, 1.82) is 0 Å². The number of para-hydroxylation sites is 2. The lowest BCUT2D eigenvalue weighted by atomic mass is 10.1. The molecule has 3 nitrogen and oxygen atoms in total. The molecule has 2 aromatic carbocycles. The molecule has 0 radical (unpaired) electrons. The summed E-state index contributed by atoms with van der Waals surface area (Å²) in [6, 6.07) is 16.9. The molecule has 0 saturated carbocycles. The second kappa shape index (κ2) is 3.64. The SMILES string of the molecule is Cn1c2ccccc2c2c3[nH]c4ccccc4c3ncc21. The third-order valence-corrected chi connectivity index (χ3v) is 4.40. The molecule has 0 atom stereocenters. The van der Waals surface area contributed by atoms with Gasteiger partial charge in [0.2, 0.25) is 0 Å². The summed E-state index contributed by atoms with van der Waals surface area (Å²) < 4.78 is 2.21. The van der Waals surface area contributed by atoms with E-state index in [1.54, 1.807) is 0 Å². The summed E-state index contributed by atoms with van der Waals surface area (Å²) >= 11 is 0. The summed E-state index contributed by atoms with van der Waals surface area (Å²) in [4.78, 5) is 8.25. The Kier molecular flexibility index (Phi) is 1.89. The first-order valence-corrected chi connectivity index (χ1v) is 7.07. The van der Waals surface area contributed by atoms with Gasteiger partial charge in [0.25, 0.3) is 0 Å². The zero-order valence-electron chi connectivity index (χ0n) is 11.6. The van der Waals surface area contributed by atoms with Gasteiger partial charge in [-0.05, 0) is 12.1 Å². The van der Waals surface area contributed by atoms with Crippen LogP contribution in [0.15, 0.2) is 54.7 Å². The molecule has 0 aliphatic rings. The van der Waals surface area contributed by atoms with E-state index in [0.29, 0.717) is 0 Å². The van der Waals surface area contributed by atoms with Gasteiger partial charge in [0.05, 0.1) is 22.7 Å². The van der Waals surface area contributed by atoms with Crippen LogP contribution in [0.2, 0.25) is 0 Å². The minimum absolute atomic E-state index is 1.05. The predicted molar refractivity (Wildman–Crippen MR) is 87.6 cm³/mol. The van der Waals surface area contributed by atoms with Crippen molar-refractivity contribution in [2.45, 2.75) is 0 Å². The molecule has 1 N–H and O–H groups in total. The van der Waals surface area contributed by atoms with Crippen molar-refractivity contribution >= 4 is 43.7 Å². The molecule has 0 fully saturated rings. The van der Waals surface area contributed by atoms with Crippen molar-refractivity contribution in [2.75, 3.05) is 0 Å². The topological polar surface area (TPSA) is 33.6 Å². The predicted octanol–water partition coefficient (Wildman–Crippen LogP) is 4.36. The zero-order chi connectivity index (χ0) is 14.0. The summed E-state index contributed by atoms with van der Waals surface area (Å²) in [5.74, 6) is 0. The smallest absolute Gasteiger partial charge is 0.0965 e. The van der Waals surface area contributed by atoms with Crippen LogP contribution in [0.3, 0.4) is 0 Å². The third kappa shape index (κ3) is 1.26. The summed E-state index contributed by atoms with van der Waals surface area (Å²) in [7, 11) is 2.10. The fraction of sp³-hybridized carbons (Fsp3) is 0.0556. The van der Waals surface area contributed by atoms with E-state index in [-0.39, 0.29) is 0 Å². The molecule has 3 heterocycles. The maximum atomic E-state index is 4.70. The summed E-state index contributed by atoms with van der Waals surface area (Å²) in [6.07, 6.45) is 1.98. The number of pyridine rings is 1. The van der Waals surface area contributed by atoms with Gasteiger partial charge in [-0.15, -0.1) is 0 Å². The summed E-state index contributed by atoms with van der Waals surface area (Å²) in [5, 5.41) is 3.71. The molecule has 0 bridgehead atoms. The Labute approximate surface area is 120 Å². The van der Waals surface area contributed by atoms with Crippen LogP contribution >= 0.6 is 0 Å². The molecule has 0 aliphatic carbocycles. The molecule has 0 aliphatic heterocycles. The minimum atomic E-state index is 1.05. The van der Waals surface area contributed by atoms with Gasteiger partial charge in [-0.3, -0.25) is 4.98 Å². The number of aromatic amines is 1. The second-order valence-corrected chi connectivity index (χ2v) is 5.49. The van der Waals surface area contributed by atoms with E-state index >= 15 is 0 Å². The van der Waals surface area contributed by atoms with Gasteiger partial charge >= 0.3 is 0 Å². The van der Waals surface area contributed by atoms with Crippen LogP contribution in [-0.4, -0.2) is 14.5 Å². The molecule has 0 amide bonds. The van der Waals surface area contributed by atoms with E-state index in [4.69, 9.17) is 4.98 Å². The first-order chi connectivity index (χ1) is 10.3. The monoisotopic (exact) mass is 271 g/mol. The van der Waals surface area contributed by atoms with Gasteiger partial charge < -0.3 is 9.55 Å². The van der Waals surface area contributed by atoms with Crippen LogP contribution < -0.4 is 0 Å². The first-order valence-electron chi connectivity index (χ1n) is 7.07. The van der Waals surface area contributed by atoms with Gasteiger partial charge in [0.1, 0.15) is 0 Å². The van der Waals surface area contributed by atoms with E-state index < -0.39 is 0 Å². The van der Waals surface area contributed by atoms with E-state index in [2.05, 4.69) is 65.1 Å². The molecule has 3 heteroatoms. The molecule has 3 aromatic heterocycles. The maximum Gasteiger partial charge on any atom is 0.0965 e. The lowest BCUT2D eigenvalue weighted by Gasteiger charge is -1.97. The molecule has 100 valence electrons. The van der Waals surface area contributed by atoms with Crippen LogP contribution in [-0.2, 0) is 7.05 Å². The van der Waals surface area contributed by atoms with E-state index in [0.717, 1.165) is 22.1 Å². The molecular weight excluding hydrogens is 258 g/mol. The second-order valence-electron chi connectivity index (χ2n) is 5.49. The van der Waals surface area contributed by atoms with E-state index in [1.807, 2.05) is 6.20 Å². The van der Waals surface area contributed by atoms with Crippen LogP contribution in [0.25, 0.3) is 43.7 Å². The molecule has 5 rings (SSSR count). The molecule has 0 saturated heterocycles. The van der Waals surface area contributed by atoms with Crippen LogP contribution in [0, 0.1) is 0 Å². The number of hydrogen-bond acceptors (Lipinski definition) is 1. The Morgan fingerprint density at radius 2 is 1.67 bits per heavy atom. The number of nitrogens with zero attached hydrogens (tertiary/aromatic N) is 2. The normalized spacial score (nSPS) is 12.0. The van der Waals surface area contributed by atoms with Crippen LogP contribution in [0.1, 0.15) is 0 Å². The number of nitrogens with one attached hydrogen (secondary N) is 1. The molecule has 21 heavy (non-hydrogen) atoms. The van der Waals surface area contributed by atoms with Crippen molar-refractivity contribution in [2.24, 2.45) is 7.05 Å². The number of fused-ring (bicyclic) bond motifs is 7. The van der Waals surface area contributed by atoms with E-state index in [1.165, 1.54) is 21.7 Å². The Hall–Kier alpha value is -2.81. The largest absolute Gasteiger partial charge is 0.353 e. The average Bonchev–Trinajstić information content (AvgIpc) is 3.04. The zero-order valence-corrected chi connectivity index (χ0v) is 11.6. The van der Waals surface area contributed by atoms with Gasteiger partial charge in [-0.25, -0.2) is 0 Å². The number of aryl methyl sites for hydroxylation is 1. The number of H-pyrrole nitrogens is 1. The first kappa shape index (κ1) is 10.9. The van der Waals surface area contributed by atoms with Gasteiger partial charge in [0, 0.05) is 34.2 Å². The van der Waals surface area contributed by atoms with Crippen molar-refractivity contribution in [1.82, 2.24) is 14.5 Å². The van der Waals surface area contributed by atoms with Crippen molar-refractivity contribution in [3.8, 4) is 0 Å². The fourth-order valence-electron chi connectivity index (χ4n) is 3.39. The standard InChI is InChI=1S/C18H13N3/c1-21-14-9-5-3-7-12(14)16-15(21)10-19-17-11-6-2-4-8-13(11)20-18(16)17/h2-10,20H,1H3. The highest BCUT2D eigenvalue weighted by Gasteiger charge is 2.14. The Morgan fingerprint density at radius 3 is 2.57 bits per heavy atom. The molecule has 0 spiro atoms. The van der Waals surface area contributed by atoms with Crippen molar-refractivity contribution < 1.29 is 0 Å². The lowest BCUT2D eigenvalue weighted by Crippen LogP contribution is -1.87. The highest BCUT2D eigenvalue weighted by Crippen LogP contribution is 2.35. The number of rotatable bonds is 0. The van der Waals surface area contributed by atoms with Crippen LogP contribution in [0.5, 0.6) is 0 Å². The molecular formula is C18H13N3. The van der Waals surface area contributed by atoms with Crippen LogP contribution in [0.4, 0.5) is 0 Å². The Morgan fingerprint density at radius 1 is 0.905 bits per heavy atom. The van der Waals surface area contributed by atoms with Gasteiger partial charge in [0.15, 0.2) is 0 Å². The number of hydrogen-bond donors (Lipinski definition) is 1. The fourth-order valence-corrected chi connectivity index (χ4v) is 3.39. The quantitative estimate of drug-likeness (QED) is 0.446. The molecule has 0 unspecified atom stereocenters. The molecule has 5 aromatic rings. The lowest BCUT2D eigenvalue weighted by molar-refractivity contribution is 1.01. The third-order valence-electron chi connectivity index (χ3n) is 4.40. The Balaban J connectivity index is 2.16. The highest BCUT2D eigenvalue weighted by atomic mass is 15.0.